The summed E-state index contributed by atoms with van der Waals surface area (Å²) in [5, 5.41) is 2.70. The van der Waals surface area contributed by atoms with E-state index in [2.05, 4.69) is 32.9 Å². The normalized spacial score (nSPS) is 12.8. The van der Waals surface area contributed by atoms with Crippen molar-refractivity contribution in [3.63, 3.8) is 0 Å². The van der Waals surface area contributed by atoms with Crippen LogP contribution >= 0.6 is 15.9 Å². The van der Waals surface area contributed by atoms with Crippen molar-refractivity contribution in [3.8, 4) is 0 Å². The molecule has 1 atom stereocenters. The first-order valence-electron chi connectivity index (χ1n) is 5.33. The van der Waals surface area contributed by atoms with Gasteiger partial charge in [0.1, 0.15) is 6.61 Å². The second kappa shape index (κ2) is 9.96. The Labute approximate surface area is 103 Å². The molecule has 6 heteroatoms. The van der Waals surface area contributed by atoms with E-state index in [1.165, 1.54) is 0 Å². The minimum absolute atomic E-state index is 0.0433. The lowest BCUT2D eigenvalue weighted by Gasteiger charge is -2.08. The van der Waals surface area contributed by atoms with Crippen LogP contribution in [-0.2, 0) is 9.53 Å². The molecule has 3 nitrogen and oxygen atoms in total. The molecular formula is C10H18BrF2NO2. The Kier molecular flexibility index (Phi) is 9.82. The SMILES string of the molecule is CCC(Br)CCNC(=O)CCOCC(F)F. The van der Waals surface area contributed by atoms with Gasteiger partial charge in [-0.25, -0.2) is 8.78 Å². The first kappa shape index (κ1) is 15.8. The van der Waals surface area contributed by atoms with E-state index in [0.717, 1.165) is 12.8 Å². The zero-order chi connectivity index (χ0) is 12.4. The lowest BCUT2D eigenvalue weighted by atomic mass is 10.2. The quantitative estimate of drug-likeness (QED) is 0.524. The highest BCUT2D eigenvalue weighted by Crippen LogP contribution is 2.07. The van der Waals surface area contributed by atoms with E-state index in [1.807, 2.05) is 0 Å². The number of amides is 1. The molecule has 0 heterocycles. The van der Waals surface area contributed by atoms with Gasteiger partial charge < -0.3 is 10.1 Å². The zero-order valence-electron chi connectivity index (χ0n) is 9.35. The van der Waals surface area contributed by atoms with Gasteiger partial charge in [0.05, 0.1) is 6.61 Å². The summed E-state index contributed by atoms with van der Waals surface area (Å²) < 4.78 is 27.9. The summed E-state index contributed by atoms with van der Waals surface area (Å²) in [6.45, 7) is 2.09. The van der Waals surface area contributed by atoms with Crippen LogP contribution in [-0.4, -0.2) is 36.9 Å². The number of hydrogen-bond acceptors (Lipinski definition) is 2. The third-order valence-electron chi connectivity index (χ3n) is 1.94. The fourth-order valence-corrected chi connectivity index (χ4v) is 1.23. The number of nitrogens with one attached hydrogen (secondary N) is 1. The van der Waals surface area contributed by atoms with Gasteiger partial charge in [0.2, 0.25) is 5.91 Å². The fourth-order valence-electron chi connectivity index (χ4n) is 0.998. The van der Waals surface area contributed by atoms with Gasteiger partial charge in [0.15, 0.2) is 0 Å². The summed E-state index contributed by atoms with van der Waals surface area (Å²) in [5.41, 5.74) is 0. The minimum Gasteiger partial charge on any atom is -0.375 e. The first-order chi connectivity index (χ1) is 7.56. The molecule has 0 aromatic heterocycles. The fraction of sp³-hybridized carbons (Fsp3) is 0.900. The van der Waals surface area contributed by atoms with Gasteiger partial charge >= 0.3 is 0 Å². The van der Waals surface area contributed by atoms with Gasteiger partial charge in [-0.05, 0) is 12.8 Å². The highest BCUT2D eigenvalue weighted by atomic mass is 79.9. The number of carbonyl (C=O) groups is 1. The van der Waals surface area contributed by atoms with Crippen molar-refractivity contribution in [2.75, 3.05) is 19.8 Å². The van der Waals surface area contributed by atoms with Crippen molar-refractivity contribution in [3.05, 3.63) is 0 Å². The second-order valence-corrected chi connectivity index (χ2v) is 4.66. The summed E-state index contributed by atoms with van der Waals surface area (Å²) >= 11 is 3.45. The number of hydrogen-bond donors (Lipinski definition) is 1. The van der Waals surface area contributed by atoms with Crippen molar-refractivity contribution >= 4 is 21.8 Å². The van der Waals surface area contributed by atoms with Crippen LogP contribution in [0, 0.1) is 0 Å². The molecule has 0 bridgehead atoms. The molecule has 0 aromatic carbocycles. The summed E-state index contributed by atoms with van der Waals surface area (Å²) in [6, 6.07) is 0. The van der Waals surface area contributed by atoms with Crippen LogP contribution in [0.5, 0.6) is 0 Å². The minimum atomic E-state index is -2.47. The van der Waals surface area contributed by atoms with Crippen LogP contribution in [0.3, 0.4) is 0 Å². The second-order valence-electron chi connectivity index (χ2n) is 3.36. The molecule has 1 unspecified atom stereocenters. The lowest BCUT2D eigenvalue weighted by Crippen LogP contribution is -2.27. The Hall–Kier alpha value is -0.230. The zero-order valence-corrected chi connectivity index (χ0v) is 10.9. The van der Waals surface area contributed by atoms with E-state index >= 15 is 0 Å². The number of carbonyl (C=O) groups excluding carboxylic acids is 1. The monoisotopic (exact) mass is 301 g/mol. The molecule has 0 rings (SSSR count). The van der Waals surface area contributed by atoms with Crippen LogP contribution < -0.4 is 5.32 Å². The van der Waals surface area contributed by atoms with Gasteiger partial charge in [-0.2, -0.15) is 0 Å². The molecule has 1 N–H and O–H groups in total. The Morgan fingerprint density at radius 3 is 2.75 bits per heavy atom. The Morgan fingerprint density at radius 2 is 2.19 bits per heavy atom. The summed E-state index contributed by atoms with van der Waals surface area (Å²) in [6.07, 6.45) is -0.471. The molecule has 1 amide bonds. The molecule has 0 aliphatic carbocycles. The Bertz CT molecular complexity index is 194. The van der Waals surface area contributed by atoms with Crippen molar-refractivity contribution in [1.82, 2.24) is 5.32 Å². The van der Waals surface area contributed by atoms with E-state index in [-0.39, 0.29) is 18.9 Å². The molecule has 0 fully saturated rings. The van der Waals surface area contributed by atoms with Gasteiger partial charge in [-0.15, -0.1) is 0 Å². The number of halogens is 3. The van der Waals surface area contributed by atoms with Crippen LogP contribution in [0.25, 0.3) is 0 Å². The molecule has 0 saturated carbocycles. The van der Waals surface area contributed by atoms with E-state index in [4.69, 9.17) is 0 Å². The molecule has 16 heavy (non-hydrogen) atoms. The van der Waals surface area contributed by atoms with Crippen LogP contribution in [0.1, 0.15) is 26.2 Å². The highest BCUT2D eigenvalue weighted by Gasteiger charge is 2.05. The Balaban J connectivity index is 3.31. The van der Waals surface area contributed by atoms with Crippen molar-refractivity contribution in [1.29, 1.82) is 0 Å². The predicted octanol–water partition coefficient (Wildman–Crippen LogP) is 2.34. The van der Waals surface area contributed by atoms with E-state index in [1.54, 1.807) is 0 Å². The molecule has 0 aliphatic rings. The van der Waals surface area contributed by atoms with Gasteiger partial charge in [0, 0.05) is 17.8 Å². The maximum Gasteiger partial charge on any atom is 0.261 e. The summed E-state index contributed by atoms with van der Waals surface area (Å²) in [5.74, 6) is -0.162. The van der Waals surface area contributed by atoms with Crippen molar-refractivity contribution in [2.45, 2.75) is 37.4 Å². The van der Waals surface area contributed by atoms with Crippen molar-refractivity contribution in [2.24, 2.45) is 0 Å². The number of alkyl halides is 3. The summed E-state index contributed by atoms with van der Waals surface area (Å²) in [7, 11) is 0. The standard InChI is InChI=1S/C10H18BrF2NO2/c1-2-8(11)3-5-14-10(15)4-6-16-7-9(12)13/h8-9H,2-7H2,1H3,(H,14,15). The van der Waals surface area contributed by atoms with E-state index < -0.39 is 13.0 Å². The average molecular weight is 302 g/mol. The highest BCUT2D eigenvalue weighted by molar-refractivity contribution is 9.09. The topological polar surface area (TPSA) is 38.3 Å². The Morgan fingerprint density at radius 1 is 1.50 bits per heavy atom. The third-order valence-corrected chi connectivity index (χ3v) is 3.05. The van der Waals surface area contributed by atoms with Crippen LogP contribution in [0.2, 0.25) is 0 Å². The van der Waals surface area contributed by atoms with E-state index in [0.29, 0.717) is 11.4 Å². The number of rotatable bonds is 9. The average Bonchev–Trinajstić information content (AvgIpc) is 2.24. The third kappa shape index (κ3) is 10.3. The molecule has 0 aliphatic heterocycles. The van der Waals surface area contributed by atoms with Gasteiger partial charge in [-0.3, -0.25) is 4.79 Å². The largest absolute Gasteiger partial charge is 0.375 e. The lowest BCUT2D eigenvalue weighted by molar-refractivity contribution is -0.122. The van der Waals surface area contributed by atoms with Crippen LogP contribution in [0.4, 0.5) is 8.78 Å². The van der Waals surface area contributed by atoms with E-state index in [9.17, 15) is 13.6 Å². The van der Waals surface area contributed by atoms with Crippen molar-refractivity contribution < 1.29 is 18.3 Å². The molecule has 0 aromatic rings. The maximum atomic E-state index is 11.7. The molecule has 0 spiro atoms. The maximum absolute atomic E-state index is 11.7. The number of ether oxygens (including phenoxy) is 1. The molecular weight excluding hydrogens is 284 g/mol. The predicted molar refractivity (Wildman–Crippen MR) is 62.1 cm³/mol. The van der Waals surface area contributed by atoms with Crippen LogP contribution in [0.15, 0.2) is 0 Å². The molecule has 96 valence electrons. The molecule has 0 saturated heterocycles. The summed E-state index contributed by atoms with van der Waals surface area (Å²) in [4.78, 5) is 11.6. The van der Waals surface area contributed by atoms with Gasteiger partial charge in [-0.1, -0.05) is 22.9 Å². The molecule has 0 radical (unpaired) electrons. The first-order valence-corrected chi connectivity index (χ1v) is 6.24. The van der Waals surface area contributed by atoms with Gasteiger partial charge in [0.25, 0.3) is 6.43 Å². The smallest absolute Gasteiger partial charge is 0.261 e.